The highest BCUT2D eigenvalue weighted by molar-refractivity contribution is 5.69. The van der Waals surface area contributed by atoms with E-state index in [4.69, 9.17) is 9.84 Å². The maximum atomic E-state index is 11.9. The fourth-order valence-electron chi connectivity index (χ4n) is 2.37. The van der Waals surface area contributed by atoms with Crippen LogP contribution in [0, 0.1) is 11.2 Å². The lowest BCUT2D eigenvalue weighted by atomic mass is 9.86. The van der Waals surface area contributed by atoms with Crippen molar-refractivity contribution in [2.45, 2.75) is 59.1 Å². The Balaban J connectivity index is 0.000000370. The average Bonchev–Trinajstić information content (AvgIpc) is 2.53. The molecule has 6 heteroatoms. The van der Waals surface area contributed by atoms with Crippen molar-refractivity contribution in [3.05, 3.63) is 36.1 Å². The van der Waals surface area contributed by atoms with Crippen LogP contribution in [0.3, 0.4) is 0 Å². The number of hydrogen-bond acceptors (Lipinski definition) is 3. The van der Waals surface area contributed by atoms with Crippen molar-refractivity contribution in [3.63, 3.8) is 0 Å². The normalized spacial score (nSPS) is 18.7. The molecular formula is C19H28FNO4. The molecule has 25 heavy (non-hydrogen) atoms. The number of amides is 1. The van der Waals surface area contributed by atoms with E-state index in [1.807, 2.05) is 6.92 Å². The molecule has 1 aromatic carbocycles. The largest absolute Gasteiger partial charge is 0.481 e. The first-order valence-corrected chi connectivity index (χ1v) is 8.51. The second kappa shape index (κ2) is 9.39. The van der Waals surface area contributed by atoms with Gasteiger partial charge in [-0.2, -0.15) is 0 Å². The number of halogens is 1. The van der Waals surface area contributed by atoms with E-state index in [1.165, 1.54) is 12.1 Å². The number of rotatable bonds is 4. The summed E-state index contributed by atoms with van der Waals surface area (Å²) in [6, 6.07) is 8.04. The summed E-state index contributed by atoms with van der Waals surface area (Å²) >= 11 is 0. The number of aliphatic carboxylic acids is 1. The molecule has 1 aliphatic heterocycles. The summed E-state index contributed by atoms with van der Waals surface area (Å²) in [6.07, 6.45) is 0.585. The topological polar surface area (TPSA) is 66.8 Å². The van der Waals surface area contributed by atoms with Gasteiger partial charge in [0.25, 0.3) is 0 Å². The summed E-state index contributed by atoms with van der Waals surface area (Å²) in [7, 11) is 0. The van der Waals surface area contributed by atoms with Gasteiger partial charge in [-0.15, -0.1) is 0 Å². The second-order valence-electron chi connectivity index (χ2n) is 7.26. The van der Waals surface area contributed by atoms with Gasteiger partial charge >= 0.3 is 12.1 Å². The molecule has 5 nitrogen and oxygen atoms in total. The molecule has 2 unspecified atom stereocenters. The smallest absolute Gasteiger partial charge is 0.410 e. The molecule has 2 atom stereocenters. The van der Waals surface area contributed by atoms with Gasteiger partial charge in [-0.3, -0.25) is 4.79 Å². The highest BCUT2D eigenvalue weighted by atomic mass is 19.1. The number of carboxylic acid groups (broad SMARTS) is 1. The van der Waals surface area contributed by atoms with Crippen LogP contribution in [0.1, 0.15) is 47.0 Å². The Bertz CT molecular complexity index is 556. The highest BCUT2D eigenvalue weighted by Gasteiger charge is 2.35. The van der Waals surface area contributed by atoms with Crippen LogP contribution in [0.2, 0.25) is 0 Å². The second-order valence-corrected chi connectivity index (χ2v) is 7.26. The standard InChI is InChI=1S/C13H23NO4.C6H5F/c1-9(13(2,3)4)14-8-7-10(18-12(14)17)5-6-11(15)16;7-6-4-2-1-3-5-6/h9-10H,5-8H2,1-4H3,(H,15,16);1-5H. The number of ether oxygens (including phenoxy) is 1. The molecule has 140 valence electrons. The fraction of sp³-hybridized carbons (Fsp3) is 0.579. The van der Waals surface area contributed by atoms with Crippen molar-refractivity contribution in [2.75, 3.05) is 6.54 Å². The maximum Gasteiger partial charge on any atom is 0.410 e. The van der Waals surface area contributed by atoms with Crippen LogP contribution >= 0.6 is 0 Å². The summed E-state index contributed by atoms with van der Waals surface area (Å²) in [6.45, 7) is 8.91. The van der Waals surface area contributed by atoms with Crippen LogP contribution in [0.4, 0.5) is 9.18 Å². The highest BCUT2D eigenvalue weighted by Crippen LogP contribution is 2.27. The van der Waals surface area contributed by atoms with Gasteiger partial charge in [0, 0.05) is 25.4 Å². The first-order chi connectivity index (χ1) is 11.6. The summed E-state index contributed by atoms with van der Waals surface area (Å²) < 4.78 is 17.2. The molecule has 1 fully saturated rings. The number of carbonyl (C=O) groups excluding carboxylic acids is 1. The lowest BCUT2D eigenvalue weighted by Gasteiger charge is -2.41. The van der Waals surface area contributed by atoms with E-state index in [0.717, 1.165) is 0 Å². The SMILES string of the molecule is CC(N1CCC(CCC(=O)O)OC1=O)C(C)(C)C.Fc1ccccc1. The molecule has 0 saturated carbocycles. The van der Waals surface area contributed by atoms with E-state index < -0.39 is 5.97 Å². The third-order valence-electron chi connectivity index (χ3n) is 4.33. The minimum Gasteiger partial charge on any atom is -0.481 e. The quantitative estimate of drug-likeness (QED) is 0.875. The van der Waals surface area contributed by atoms with Gasteiger partial charge < -0.3 is 14.7 Å². The third kappa shape index (κ3) is 7.54. The zero-order valence-electron chi connectivity index (χ0n) is 15.4. The molecule has 1 heterocycles. The molecule has 0 aliphatic carbocycles. The van der Waals surface area contributed by atoms with Gasteiger partial charge in [0.1, 0.15) is 11.9 Å². The van der Waals surface area contributed by atoms with E-state index in [9.17, 15) is 14.0 Å². The molecule has 1 amide bonds. The molecular weight excluding hydrogens is 325 g/mol. The first-order valence-electron chi connectivity index (χ1n) is 8.51. The van der Waals surface area contributed by atoms with Crippen molar-refractivity contribution < 1.29 is 23.8 Å². The van der Waals surface area contributed by atoms with E-state index >= 15 is 0 Å². The van der Waals surface area contributed by atoms with Gasteiger partial charge in [-0.1, -0.05) is 39.0 Å². The van der Waals surface area contributed by atoms with Gasteiger partial charge in [-0.25, -0.2) is 9.18 Å². The van der Waals surface area contributed by atoms with E-state index in [0.29, 0.717) is 19.4 Å². The van der Waals surface area contributed by atoms with Crippen molar-refractivity contribution in [1.29, 1.82) is 0 Å². The first kappa shape index (κ1) is 20.9. The Morgan fingerprint density at radius 2 is 1.96 bits per heavy atom. The van der Waals surface area contributed by atoms with Crippen molar-refractivity contribution in [1.82, 2.24) is 4.90 Å². The molecule has 2 rings (SSSR count). The fourth-order valence-corrected chi connectivity index (χ4v) is 2.37. The number of cyclic esters (lactones) is 1. The van der Waals surface area contributed by atoms with Crippen LogP contribution in [-0.2, 0) is 9.53 Å². The van der Waals surface area contributed by atoms with Crippen LogP contribution in [-0.4, -0.2) is 40.8 Å². The van der Waals surface area contributed by atoms with E-state index in [-0.39, 0.29) is 35.9 Å². The van der Waals surface area contributed by atoms with Crippen LogP contribution < -0.4 is 0 Å². The maximum absolute atomic E-state index is 11.9. The third-order valence-corrected chi connectivity index (χ3v) is 4.33. The molecule has 0 aromatic heterocycles. The van der Waals surface area contributed by atoms with Crippen molar-refractivity contribution >= 4 is 12.1 Å². The van der Waals surface area contributed by atoms with Crippen molar-refractivity contribution in [2.24, 2.45) is 5.41 Å². The lowest BCUT2D eigenvalue weighted by molar-refractivity contribution is -0.137. The van der Waals surface area contributed by atoms with Crippen LogP contribution in [0.5, 0.6) is 0 Å². The summed E-state index contributed by atoms with van der Waals surface area (Å²) in [5.41, 5.74) is 0.00687. The molecule has 0 bridgehead atoms. The Morgan fingerprint density at radius 3 is 2.36 bits per heavy atom. The number of hydrogen-bond donors (Lipinski definition) is 1. The number of carboxylic acids is 1. The molecule has 1 N–H and O–H groups in total. The number of benzene rings is 1. The Labute approximate surface area is 148 Å². The minimum absolute atomic E-state index is 0.00687. The summed E-state index contributed by atoms with van der Waals surface area (Å²) in [5, 5.41) is 8.61. The Kier molecular flexibility index (Phi) is 7.87. The molecule has 0 spiro atoms. The molecule has 1 saturated heterocycles. The van der Waals surface area contributed by atoms with Gasteiger partial charge in [0.2, 0.25) is 0 Å². The molecule has 1 aliphatic rings. The molecule has 1 aromatic rings. The van der Waals surface area contributed by atoms with Gasteiger partial charge in [0.15, 0.2) is 0 Å². The molecule has 0 radical (unpaired) electrons. The van der Waals surface area contributed by atoms with Crippen LogP contribution in [0.15, 0.2) is 30.3 Å². The van der Waals surface area contributed by atoms with E-state index in [2.05, 4.69) is 20.8 Å². The minimum atomic E-state index is -0.850. The monoisotopic (exact) mass is 353 g/mol. The van der Waals surface area contributed by atoms with E-state index in [1.54, 1.807) is 23.1 Å². The summed E-state index contributed by atoms with van der Waals surface area (Å²) in [5.74, 6) is -1.03. The predicted molar refractivity (Wildman–Crippen MR) is 93.8 cm³/mol. The van der Waals surface area contributed by atoms with Gasteiger partial charge in [-0.05, 0) is 30.9 Å². The van der Waals surface area contributed by atoms with Crippen LogP contribution in [0.25, 0.3) is 0 Å². The van der Waals surface area contributed by atoms with Gasteiger partial charge in [0.05, 0.1) is 0 Å². The number of carbonyl (C=O) groups is 2. The summed E-state index contributed by atoms with van der Waals surface area (Å²) in [4.78, 5) is 24.1. The Hall–Kier alpha value is -2.11. The zero-order chi connectivity index (χ0) is 19.0. The predicted octanol–water partition coefficient (Wildman–Crippen LogP) is 4.32. The lowest BCUT2D eigenvalue weighted by Crippen LogP contribution is -2.50. The Morgan fingerprint density at radius 1 is 1.36 bits per heavy atom. The zero-order valence-corrected chi connectivity index (χ0v) is 15.4. The average molecular weight is 353 g/mol. The number of nitrogens with zero attached hydrogens (tertiary/aromatic N) is 1. The van der Waals surface area contributed by atoms with Crippen molar-refractivity contribution in [3.8, 4) is 0 Å².